The van der Waals surface area contributed by atoms with Crippen LogP contribution in [0.5, 0.6) is 0 Å². The molecule has 1 fully saturated rings. The number of nitrogens with one attached hydrogen (secondary N) is 3. The summed E-state index contributed by atoms with van der Waals surface area (Å²) in [7, 11) is 0. The van der Waals surface area contributed by atoms with Crippen molar-refractivity contribution >= 4 is 28.9 Å². The largest absolute Gasteiger partial charge is 0.374 e. The third-order valence-corrected chi connectivity index (χ3v) is 4.60. The third-order valence-electron chi connectivity index (χ3n) is 4.60. The lowest BCUT2D eigenvalue weighted by Crippen LogP contribution is -2.32. The van der Waals surface area contributed by atoms with Gasteiger partial charge in [0.05, 0.1) is 5.69 Å². The van der Waals surface area contributed by atoms with Crippen LogP contribution in [0, 0.1) is 25.6 Å². The zero-order valence-electron chi connectivity index (χ0n) is 15.7. The Hall–Kier alpha value is -2.89. The van der Waals surface area contributed by atoms with Gasteiger partial charge in [0.15, 0.2) is 0 Å². The molecule has 0 aliphatic heterocycles. The van der Waals surface area contributed by atoms with Gasteiger partial charge in [-0.2, -0.15) is 0 Å². The van der Waals surface area contributed by atoms with Gasteiger partial charge in [-0.05, 0) is 69.0 Å². The smallest absolute Gasteiger partial charge is 0.246 e. The molecule has 2 aromatic rings. The van der Waals surface area contributed by atoms with E-state index in [9.17, 15) is 14.0 Å². The van der Waals surface area contributed by atoms with Gasteiger partial charge in [-0.25, -0.2) is 4.39 Å². The van der Waals surface area contributed by atoms with Crippen molar-refractivity contribution in [3.63, 3.8) is 0 Å². The molecule has 0 radical (unpaired) electrons. The number of anilines is 3. The van der Waals surface area contributed by atoms with Crippen LogP contribution < -0.4 is 16.0 Å². The molecule has 142 valence electrons. The number of hydrogen-bond acceptors (Lipinski definition) is 3. The summed E-state index contributed by atoms with van der Waals surface area (Å²) in [5.41, 5.74) is 3.49. The van der Waals surface area contributed by atoms with Gasteiger partial charge < -0.3 is 16.0 Å². The second-order valence-electron chi connectivity index (χ2n) is 7.13. The number of hydrogen-bond donors (Lipinski definition) is 3. The lowest BCUT2D eigenvalue weighted by Gasteiger charge is -2.17. The maximum absolute atomic E-state index is 14.0. The topological polar surface area (TPSA) is 70.2 Å². The molecule has 1 unspecified atom stereocenters. The normalized spacial score (nSPS) is 14.4. The van der Waals surface area contributed by atoms with E-state index in [0.717, 1.165) is 29.7 Å². The van der Waals surface area contributed by atoms with Gasteiger partial charge in [0.2, 0.25) is 11.8 Å². The predicted molar refractivity (Wildman–Crippen MR) is 105 cm³/mol. The minimum absolute atomic E-state index is 0.0108. The molecule has 0 saturated heterocycles. The average Bonchev–Trinajstić information content (AvgIpc) is 3.46. The fraction of sp³-hybridized carbons (Fsp3) is 0.333. The Labute approximate surface area is 158 Å². The average molecular weight is 369 g/mol. The SMILES string of the molecule is Cc1ccc(C)c(NC(=O)C(C)Nc2ccc(F)c(NC(=O)C3CC3)c2)c1. The Morgan fingerprint density at radius 2 is 1.78 bits per heavy atom. The number of halogens is 1. The summed E-state index contributed by atoms with van der Waals surface area (Å²) in [5, 5.41) is 8.57. The van der Waals surface area contributed by atoms with E-state index in [2.05, 4.69) is 16.0 Å². The van der Waals surface area contributed by atoms with E-state index >= 15 is 0 Å². The van der Waals surface area contributed by atoms with Crippen molar-refractivity contribution in [2.75, 3.05) is 16.0 Å². The zero-order chi connectivity index (χ0) is 19.6. The first-order chi connectivity index (χ1) is 12.8. The highest BCUT2D eigenvalue weighted by Gasteiger charge is 2.30. The van der Waals surface area contributed by atoms with Crippen LogP contribution in [0.15, 0.2) is 36.4 Å². The van der Waals surface area contributed by atoms with Crippen LogP contribution in [0.2, 0.25) is 0 Å². The Morgan fingerprint density at radius 3 is 2.48 bits per heavy atom. The first-order valence-corrected chi connectivity index (χ1v) is 9.08. The van der Waals surface area contributed by atoms with E-state index in [0.29, 0.717) is 5.69 Å². The third kappa shape index (κ3) is 4.84. The molecule has 3 rings (SSSR count). The fourth-order valence-electron chi connectivity index (χ4n) is 2.72. The molecule has 1 aliphatic rings. The van der Waals surface area contributed by atoms with Crippen LogP contribution in [-0.2, 0) is 9.59 Å². The van der Waals surface area contributed by atoms with E-state index in [1.54, 1.807) is 13.0 Å². The Kier molecular flexibility index (Phi) is 5.44. The van der Waals surface area contributed by atoms with Crippen LogP contribution >= 0.6 is 0 Å². The first kappa shape index (κ1) is 18.9. The van der Waals surface area contributed by atoms with Crippen molar-refractivity contribution < 1.29 is 14.0 Å². The van der Waals surface area contributed by atoms with Crippen molar-refractivity contribution in [2.45, 2.75) is 39.7 Å². The van der Waals surface area contributed by atoms with Crippen LogP contribution in [-0.4, -0.2) is 17.9 Å². The van der Waals surface area contributed by atoms with Crippen molar-refractivity contribution in [2.24, 2.45) is 5.92 Å². The van der Waals surface area contributed by atoms with Gasteiger partial charge in [-0.3, -0.25) is 9.59 Å². The second kappa shape index (κ2) is 7.78. The van der Waals surface area contributed by atoms with Crippen LogP contribution in [0.1, 0.15) is 30.9 Å². The molecule has 0 heterocycles. The summed E-state index contributed by atoms with van der Waals surface area (Å²) < 4.78 is 14.0. The monoisotopic (exact) mass is 369 g/mol. The first-order valence-electron chi connectivity index (χ1n) is 9.08. The quantitative estimate of drug-likeness (QED) is 0.714. The number of carbonyl (C=O) groups is 2. The van der Waals surface area contributed by atoms with Crippen molar-refractivity contribution in [1.82, 2.24) is 0 Å². The minimum atomic E-state index is -0.539. The highest BCUT2D eigenvalue weighted by atomic mass is 19.1. The molecule has 1 atom stereocenters. The highest BCUT2D eigenvalue weighted by molar-refractivity contribution is 5.97. The molecule has 6 heteroatoms. The molecule has 1 aliphatic carbocycles. The van der Waals surface area contributed by atoms with Gasteiger partial charge in [0.1, 0.15) is 11.9 Å². The summed E-state index contributed by atoms with van der Waals surface area (Å²) in [5.74, 6) is -0.867. The van der Waals surface area contributed by atoms with Gasteiger partial charge >= 0.3 is 0 Å². The Bertz CT molecular complexity index is 878. The number of aryl methyl sites for hydroxylation is 2. The van der Waals surface area contributed by atoms with Gasteiger partial charge in [-0.15, -0.1) is 0 Å². The van der Waals surface area contributed by atoms with E-state index in [1.807, 2.05) is 32.0 Å². The molecule has 2 amide bonds. The van der Waals surface area contributed by atoms with Crippen LogP contribution in [0.25, 0.3) is 0 Å². The molecule has 0 bridgehead atoms. The number of carbonyl (C=O) groups excluding carboxylic acids is 2. The molecule has 3 N–H and O–H groups in total. The molecule has 1 saturated carbocycles. The molecule has 5 nitrogen and oxygen atoms in total. The van der Waals surface area contributed by atoms with Crippen molar-refractivity contribution in [1.29, 1.82) is 0 Å². The van der Waals surface area contributed by atoms with E-state index in [-0.39, 0.29) is 23.4 Å². The van der Waals surface area contributed by atoms with E-state index in [1.165, 1.54) is 12.1 Å². The predicted octanol–water partition coefficient (Wildman–Crippen LogP) is 4.23. The Balaban J connectivity index is 1.65. The highest BCUT2D eigenvalue weighted by Crippen LogP contribution is 2.31. The summed E-state index contributed by atoms with van der Waals surface area (Å²) >= 11 is 0. The summed E-state index contributed by atoms with van der Waals surface area (Å²) in [6, 6.07) is 9.66. The van der Waals surface area contributed by atoms with E-state index in [4.69, 9.17) is 0 Å². The van der Waals surface area contributed by atoms with Crippen LogP contribution in [0.4, 0.5) is 21.5 Å². The fourth-order valence-corrected chi connectivity index (χ4v) is 2.72. The van der Waals surface area contributed by atoms with Gasteiger partial charge in [-0.1, -0.05) is 12.1 Å². The molecular weight excluding hydrogens is 345 g/mol. The van der Waals surface area contributed by atoms with Gasteiger partial charge in [0.25, 0.3) is 0 Å². The lowest BCUT2D eigenvalue weighted by molar-refractivity contribution is -0.117. The standard InChI is InChI=1S/C21H24FN3O2/c1-12-4-5-13(2)18(10-12)24-20(26)14(3)23-16-8-9-17(22)19(11-16)25-21(27)15-6-7-15/h4-5,8-11,14-15,23H,6-7H2,1-3H3,(H,24,26)(H,25,27). The molecule has 2 aromatic carbocycles. The minimum Gasteiger partial charge on any atom is -0.374 e. The lowest BCUT2D eigenvalue weighted by atomic mass is 10.1. The second-order valence-corrected chi connectivity index (χ2v) is 7.13. The van der Waals surface area contributed by atoms with Crippen molar-refractivity contribution in [3.05, 3.63) is 53.3 Å². The summed E-state index contributed by atoms with van der Waals surface area (Å²) in [6.07, 6.45) is 1.70. The number of benzene rings is 2. The maximum Gasteiger partial charge on any atom is 0.246 e. The van der Waals surface area contributed by atoms with E-state index < -0.39 is 11.9 Å². The van der Waals surface area contributed by atoms with Crippen molar-refractivity contribution in [3.8, 4) is 0 Å². The maximum atomic E-state index is 14.0. The molecular formula is C21H24FN3O2. The molecule has 27 heavy (non-hydrogen) atoms. The molecule has 0 spiro atoms. The van der Waals surface area contributed by atoms with Gasteiger partial charge in [0, 0.05) is 17.3 Å². The summed E-state index contributed by atoms with van der Waals surface area (Å²) in [6.45, 7) is 5.63. The molecule has 0 aromatic heterocycles. The van der Waals surface area contributed by atoms with Crippen LogP contribution in [0.3, 0.4) is 0 Å². The number of amides is 2. The zero-order valence-corrected chi connectivity index (χ0v) is 15.7. The summed E-state index contributed by atoms with van der Waals surface area (Å²) in [4.78, 5) is 24.4. The number of rotatable bonds is 6. The Morgan fingerprint density at radius 1 is 1.04 bits per heavy atom.